The number of rotatable bonds is 8. The van der Waals surface area contributed by atoms with Crippen LogP contribution in [0.5, 0.6) is 0 Å². The Balaban J connectivity index is 2.24. The summed E-state index contributed by atoms with van der Waals surface area (Å²) < 4.78 is 30.6. The Labute approximate surface area is 115 Å². The van der Waals surface area contributed by atoms with Crippen LogP contribution in [0.15, 0.2) is 0 Å². The predicted octanol–water partition coefficient (Wildman–Crippen LogP) is 0.343. The van der Waals surface area contributed by atoms with Crippen molar-refractivity contribution in [1.29, 1.82) is 0 Å². The van der Waals surface area contributed by atoms with Crippen molar-refractivity contribution in [3.8, 4) is 0 Å². The summed E-state index contributed by atoms with van der Waals surface area (Å²) in [6.07, 6.45) is 2.81. The van der Waals surface area contributed by atoms with Crippen LogP contribution in [-0.4, -0.2) is 57.8 Å². The lowest BCUT2D eigenvalue weighted by Crippen LogP contribution is -2.41. The number of esters is 1. The Kier molecular flexibility index (Phi) is 6.74. The zero-order chi connectivity index (χ0) is 14.3. The molecule has 1 saturated heterocycles. The largest absolute Gasteiger partial charge is 0.469 e. The van der Waals surface area contributed by atoms with Gasteiger partial charge in [0.15, 0.2) is 0 Å². The third kappa shape index (κ3) is 6.35. The van der Waals surface area contributed by atoms with E-state index in [2.05, 4.69) is 14.4 Å². The van der Waals surface area contributed by atoms with Crippen LogP contribution < -0.4 is 4.72 Å². The molecule has 1 rings (SSSR count). The van der Waals surface area contributed by atoms with Gasteiger partial charge in [-0.15, -0.1) is 0 Å². The smallest absolute Gasteiger partial charge is 0.305 e. The lowest BCUT2D eigenvalue weighted by Gasteiger charge is -2.23. The Bertz CT molecular complexity index is 377. The van der Waals surface area contributed by atoms with Gasteiger partial charge in [-0.2, -0.15) is 0 Å². The van der Waals surface area contributed by atoms with E-state index in [1.807, 2.05) is 6.92 Å². The van der Waals surface area contributed by atoms with E-state index in [-0.39, 0.29) is 24.2 Å². The standard InChI is InChI=1S/C12H24N2O4S/c1-11(14-7-3-4-8-14)10-13-19(16,17)9-5-6-12(15)18-2/h11,13H,3-10H2,1-2H3. The normalized spacial score (nSPS) is 18.4. The summed E-state index contributed by atoms with van der Waals surface area (Å²) in [4.78, 5) is 13.2. The van der Waals surface area contributed by atoms with Gasteiger partial charge in [0.05, 0.1) is 12.9 Å². The molecule has 0 amide bonds. The van der Waals surface area contributed by atoms with E-state index in [4.69, 9.17) is 0 Å². The fourth-order valence-corrected chi connectivity index (χ4v) is 3.30. The monoisotopic (exact) mass is 292 g/mol. The van der Waals surface area contributed by atoms with E-state index < -0.39 is 10.0 Å². The number of carbonyl (C=O) groups excluding carboxylic acids is 1. The van der Waals surface area contributed by atoms with Gasteiger partial charge in [-0.25, -0.2) is 13.1 Å². The first-order chi connectivity index (χ1) is 8.94. The molecule has 0 bridgehead atoms. The molecule has 0 aromatic carbocycles. The predicted molar refractivity (Wildman–Crippen MR) is 73.3 cm³/mol. The van der Waals surface area contributed by atoms with Crippen molar-refractivity contribution in [2.45, 2.75) is 38.6 Å². The van der Waals surface area contributed by atoms with Crippen LogP contribution in [0, 0.1) is 0 Å². The van der Waals surface area contributed by atoms with E-state index in [1.54, 1.807) is 0 Å². The van der Waals surface area contributed by atoms with Crippen molar-refractivity contribution in [2.75, 3.05) is 32.5 Å². The number of nitrogens with one attached hydrogen (secondary N) is 1. The molecular formula is C12H24N2O4S. The number of likely N-dealkylation sites (tertiary alicyclic amines) is 1. The van der Waals surface area contributed by atoms with E-state index in [0.29, 0.717) is 13.0 Å². The van der Waals surface area contributed by atoms with Crippen LogP contribution in [0.25, 0.3) is 0 Å². The van der Waals surface area contributed by atoms with Crippen molar-refractivity contribution in [3.05, 3.63) is 0 Å². The Morgan fingerprint density at radius 1 is 1.37 bits per heavy atom. The second-order valence-electron chi connectivity index (χ2n) is 4.94. The van der Waals surface area contributed by atoms with Gasteiger partial charge in [0.2, 0.25) is 10.0 Å². The molecule has 1 fully saturated rings. The second-order valence-corrected chi connectivity index (χ2v) is 6.87. The van der Waals surface area contributed by atoms with Gasteiger partial charge in [0, 0.05) is 19.0 Å². The molecule has 19 heavy (non-hydrogen) atoms. The lowest BCUT2D eigenvalue weighted by molar-refractivity contribution is -0.140. The Morgan fingerprint density at radius 3 is 2.58 bits per heavy atom. The molecule has 112 valence electrons. The van der Waals surface area contributed by atoms with Crippen LogP contribution >= 0.6 is 0 Å². The molecule has 1 atom stereocenters. The third-order valence-electron chi connectivity index (χ3n) is 3.38. The summed E-state index contributed by atoms with van der Waals surface area (Å²) in [5.41, 5.74) is 0. The van der Waals surface area contributed by atoms with E-state index in [0.717, 1.165) is 13.1 Å². The Hall–Kier alpha value is -0.660. The summed E-state index contributed by atoms with van der Waals surface area (Å²) in [5.74, 6) is -0.407. The van der Waals surface area contributed by atoms with Crippen molar-refractivity contribution in [3.63, 3.8) is 0 Å². The number of methoxy groups -OCH3 is 1. The van der Waals surface area contributed by atoms with Gasteiger partial charge >= 0.3 is 5.97 Å². The quantitative estimate of drug-likeness (QED) is 0.653. The van der Waals surface area contributed by atoms with Crippen molar-refractivity contribution < 1.29 is 17.9 Å². The van der Waals surface area contributed by atoms with Gasteiger partial charge in [0.1, 0.15) is 0 Å². The molecule has 1 heterocycles. The van der Waals surface area contributed by atoms with Crippen molar-refractivity contribution in [1.82, 2.24) is 9.62 Å². The highest BCUT2D eigenvalue weighted by Gasteiger charge is 2.20. The van der Waals surface area contributed by atoms with Crippen molar-refractivity contribution in [2.24, 2.45) is 0 Å². The number of nitrogens with zero attached hydrogens (tertiary/aromatic N) is 1. The zero-order valence-electron chi connectivity index (χ0n) is 11.7. The Morgan fingerprint density at radius 2 is 2.00 bits per heavy atom. The lowest BCUT2D eigenvalue weighted by atomic mass is 10.3. The van der Waals surface area contributed by atoms with E-state index in [9.17, 15) is 13.2 Å². The molecule has 7 heteroatoms. The number of ether oxygens (including phenoxy) is 1. The molecular weight excluding hydrogens is 268 g/mol. The van der Waals surface area contributed by atoms with E-state index in [1.165, 1.54) is 20.0 Å². The average molecular weight is 292 g/mol. The topological polar surface area (TPSA) is 75.7 Å². The molecule has 0 saturated carbocycles. The summed E-state index contributed by atoms with van der Waals surface area (Å²) in [5, 5.41) is 0. The summed E-state index contributed by atoms with van der Waals surface area (Å²) >= 11 is 0. The maximum absolute atomic E-state index is 11.7. The first kappa shape index (κ1) is 16.4. The molecule has 1 unspecified atom stereocenters. The second kappa shape index (κ2) is 7.81. The van der Waals surface area contributed by atoms with Crippen LogP contribution in [0.4, 0.5) is 0 Å². The van der Waals surface area contributed by atoms with E-state index >= 15 is 0 Å². The van der Waals surface area contributed by atoms with Crippen LogP contribution in [0.2, 0.25) is 0 Å². The fraction of sp³-hybridized carbons (Fsp3) is 0.917. The van der Waals surface area contributed by atoms with Gasteiger partial charge in [-0.1, -0.05) is 0 Å². The zero-order valence-corrected chi connectivity index (χ0v) is 12.5. The molecule has 1 aliphatic rings. The maximum Gasteiger partial charge on any atom is 0.305 e. The summed E-state index contributed by atoms with van der Waals surface area (Å²) in [6.45, 7) is 4.55. The maximum atomic E-state index is 11.7. The molecule has 0 spiro atoms. The highest BCUT2D eigenvalue weighted by Crippen LogP contribution is 2.11. The first-order valence-electron chi connectivity index (χ1n) is 6.73. The molecule has 1 N–H and O–H groups in total. The van der Waals surface area contributed by atoms with Crippen LogP contribution in [0.3, 0.4) is 0 Å². The number of carbonyl (C=O) groups is 1. The number of hydrogen-bond acceptors (Lipinski definition) is 5. The summed E-state index contributed by atoms with van der Waals surface area (Å²) in [7, 11) is -2.00. The molecule has 0 aliphatic carbocycles. The van der Waals surface area contributed by atoms with Gasteiger partial charge in [-0.05, 0) is 39.3 Å². The fourth-order valence-electron chi connectivity index (χ4n) is 2.14. The van der Waals surface area contributed by atoms with Crippen LogP contribution in [0.1, 0.15) is 32.6 Å². The highest BCUT2D eigenvalue weighted by molar-refractivity contribution is 7.89. The first-order valence-corrected chi connectivity index (χ1v) is 8.38. The summed E-state index contributed by atoms with van der Waals surface area (Å²) in [6, 6.07) is 0.220. The molecule has 0 radical (unpaired) electrons. The molecule has 1 aliphatic heterocycles. The third-order valence-corrected chi connectivity index (χ3v) is 4.82. The number of sulfonamides is 1. The minimum atomic E-state index is -3.29. The van der Waals surface area contributed by atoms with Crippen molar-refractivity contribution >= 4 is 16.0 Å². The van der Waals surface area contributed by atoms with Gasteiger partial charge < -0.3 is 4.74 Å². The highest BCUT2D eigenvalue weighted by atomic mass is 32.2. The number of hydrogen-bond donors (Lipinski definition) is 1. The molecule has 6 nitrogen and oxygen atoms in total. The van der Waals surface area contributed by atoms with Gasteiger partial charge in [-0.3, -0.25) is 9.69 Å². The average Bonchev–Trinajstić information content (AvgIpc) is 2.89. The minimum Gasteiger partial charge on any atom is -0.469 e. The van der Waals surface area contributed by atoms with Gasteiger partial charge in [0.25, 0.3) is 0 Å². The minimum absolute atomic E-state index is 0.0329. The SMILES string of the molecule is COC(=O)CCCS(=O)(=O)NCC(C)N1CCCC1. The van der Waals surface area contributed by atoms with Crippen LogP contribution in [-0.2, 0) is 19.6 Å². The molecule has 0 aromatic rings. The molecule has 0 aromatic heterocycles.